The third-order valence-electron chi connectivity index (χ3n) is 8.06. The molecule has 0 bridgehead atoms. The van der Waals surface area contributed by atoms with Gasteiger partial charge in [-0.1, -0.05) is 127 Å². The summed E-state index contributed by atoms with van der Waals surface area (Å²) in [5.74, 6) is 0. The summed E-state index contributed by atoms with van der Waals surface area (Å²) < 4.78 is 2.60. The Hall–Kier alpha value is -5.18. The van der Waals surface area contributed by atoms with Gasteiger partial charge in [0.15, 0.2) is 0 Å². The number of nitrogens with one attached hydrogen (secondary N) is 1. The molecule has 1 aromatic heterocycles. The van der Waals surface area contributed by atoms with Crippen LogP contribution in [0.25, 0.3) is 64.3 Å². The minimum Gasteiger partial charge on any atom is -0.355 e. The lowest BCUT2D eigenvalue weighted by molar-refractivity contribution is 1.57. The van der Waals surface area contributed by atoms with E-state index in [0.29, 0.717) is 0 Å². The van der Waals surface area contributed by atoms with E-state index in [2.05, 4.69) is 163 Å². The Morgan fingerprint density at radius 1 is 0.429 bits per heavy atom. The van der Waals surface area contributed by atoms with Crippen molar-refractivity contribution < 1.29 is 0 Å². The average Bonchev–Trinajstić information content (AvgIpc) is 3.45. The van der Waals surface area contributed by atoms with Gasteiger partial charge in [0.05, 0.1) is 0 Å². The first kappa shape index (κ1) is 24.6. The number of fused-ring (bicyclic) bond motifs is 4. The van der Waals surface area contributed by atoms with Crippen molar-refractivity contribution in [1.29, 1.82) is 0 Å². The van der Waals surface area contributed by atoms with Crippen LogP contribution in [0.5, 0.6) is 0 Å². The first-order chi connectivity index (χ1) is 20.8. The highest BCUT2D eigenvalue weighted by atomic mass is 32.1. The lowest BCUT2D eigenvalue weighted by Crippen LogP contribution is -1.92. The van der Waals surface area contributed by atoms with Gasteiger partial charge in [0.2, 0.25) is 0 Å². The molecule has 8 aromatic rings. The van der Waals surface area contributed by atoms with Crippen LogP contribution in [0.2, 0.25) is 0 Å². The van der Waals surface area contributed by atoms with Gasteiger partial charge in [0.1, 0.15) is 0 Å². The molecule has 2 heteroatoms. The molecule has 0 unspecified atom stereocenters. The minimum absolute atomic E-state index is 1.08. The first-order valence-corrected chi connectivity index (χ1v) is 15.1. The fourth-order valence-electron chi connectivity index (χ4n) is 5.91. The molecule has 0 spiro atoms. The summed E-state index contributed by atoms with van der Waals surface area (Å²) in [5, 5.41) is 8.85. The summed E-state index contributed by atoms with van der Waals surface area (Å²) in [6.45, 7) is 0. The zero-order chi connectivity index (χ0) is 27.9. The van der Waals surface area contributed by atoms with E-state index < -0.39 is 0 Å². The van der Waals surface area contributed by atoms with Gasteiger partial charge in [-0.3, -0.25) is 0 Å². The maximum Gasteiger partial charge on any atom is 0.0479 e. The lowest BCUT2D eigenvalue weighted by atomic mass is 9.99. The molecule has 0 aliphatic rings. The quantitative estimate of drug-likeness (QED) is 0.223. The molecular weight excluding hydrogens is 527 g/mol. The predicted octanol–water partition coefficient (Wildman–Crippen LogP) is 12.0. The van der Waals surface area contributed by atoms with Crippen molar-refractivity contribution in [1.82, 2.24) is 0 Å². The van der Waals surface area contributed by atoms with Gasteiger partial charge < -0.3 is 5.32 Å². The maximum atomic E-state index is 3.77. The zero-order valence-electron chi connectivity index (χ0n) is 22.9. The van der Waals surface area contributed by atoms with Crippen LogP contribution in [-0.2, 0) is 0 Å². The van der Waals surface area contributed by atoms with Crippen LogP contribution in [0.3, 0.4) is 0 Å². The third-order valence-corrected chi connectivity index (χ3v) is 9.25. The van der Waals surface area contributed by atoms with Gasteiger partial charge in [-0.2, -0.15) is 0 Å². The number of rotatable bonds is 5. The van der Waals surface area contributed by atoms with Crippen molar-refractivity contribution in [3.05, 3.63) is 158 Å². The van der Waals surface area contributed by atoms with E-state index in [0.717, 1.165) is 11.4 Å². The first-order valence-electron chi connectivity index (χ1n) is 14.3. The number of benzene rings is 7. The van der Waals surface area contributed by atoms with E-state index in [1.165, 1.54) is 64.3 Å². The lowest BCUT2D eigenvalue weighted by Gasteiger charge is -2.12. The molecule has 0 saturated carbocycles. The van der Waals surface area contributed by atoms with E-state index >= 15 is 0 Å². The van der Waals surface area contributed by atoms with Gasteiger partial charge in [-0.05, 0) is 74.5 Å². The molecule has 42 heavy (non-hydrogen) atoms. The van der Waals surface area contributed by atoms with Crippen molar-refractivity contribution >= 4 is 53.7 Å². The largest absolute Gasteiger partial charge is 0.355 e. The van der Waals surface area contributed by atoms with E-state index in [1.807, 2.05) is 11.3 Å². The molecule has 0 aliphatic heterocycles. The maximum absolute atomic E-state index is 3.77. The number of hydrogen-bond donors (Lipinski definition) is 1. The van der Waals surface area contributed by atoms with Crippen molar-refractivity contribution in [3.63, 3.8) is 0 Å². The topological polar surface area (TPSA) is 12.0 Å². The van der Waals surface area contributed by atoms with Crippen LogP contribution in [0, 0.1) is 0 Å². The summed E-state index contributed by atoms with van der Waals surface area (Å²) in [5.41, 5.74) is 9.64. The zero-order valence-corrected chi connectivity index (χ0v) is 23.7. The van der Waals surface area contributed by atoms with E-state index in [1.54, 1.807) is 0 Å². The van der Waals surface area contributed by atoms with Crippen molar-refractivity contribution in [2.75, 3.05) is 5.32 Å². The number of hydrogen-bond acceptors (Lipinski definition) is 2. The highest BCUT2D eigenvalue weighted by Gasteiger charge is 2.15. The number of anilines is 2. The Bertz CT molecular complexity index is 2190. The van der Waals surface area contributed by atoms with Crippen molar-refractivity contribution in [3.8, 4) is 33.4 Å². The molecule has 0 atom stereocenters. The molecule has 1 N–H and O–H groups in total. The fraction of sp³-hybridized carbons (Fsp3) is 0. The second-order valence-corrected chi connectivity index (χ2v) is 11.7. The Balaban J connectivity index is 1.21. The van der Waals surface area contributed by atoms with Gasteiger partial charge in [0, 0.05) is 31.5 Å². The van der Waals surface area contributed by atoms with Crippen molar-refractivity contribution in [2.45, 2.75) is 0 Å². The molecule has 0 fully saturated rings. The van der Waals surface area contributed by atoms with Crippen molar-refractivity contribution in [2.24, 2.45) is 0 Å². The van der Waals surface area contributed by atoms with E-state index in [4.69, 9.17) is 0 Å². The fourth-order valence-corrected chi connectivity index (χ4v) is 7.21. The molecule has 0 amide bonds. The Morgan fingerprint density at radius 3 is 1.83 bits per heavy atom. The molecule has 198 valence electrons. The second-order valence-electron chi connectivity index (χ2n) is 10.7. The summed E-state index contributed by atoms with van der Waals surface area (Å²) in [6, 6.07) is 56.7. The standard InChI is InChI=1S/C40H27NS/c1-3-9-27(10-4-1)33-19-22-36-38(26-33)42-40-35(30-12-5-2-6-13-30)23-24-37(39(36)40)41-34-20-17-29(18-21-34)32-16-15-28-11-7-8-14-31(28)25-32/h1-26,41H. The van der Waals surface area contributed by atoms with E-state index in [-0.39, 0.29) is 0 Å². The second kappa shape index (κ2) is 10.3. The van der Waals surface area contributed by atoms with Crippen LogP contribution >= 0.6 is 11.3 Å². The molecule has 0 saturated heterocycles. The summed E-state index contributed by atoms with van der Waals surface area (Å²) in [6.07, 6.45) is 0. The van der Waals surface area contributed by atoms with Gasteiger partial charge >= 0.3 is 0 Å². The van der Waals surface area contributed by atoms with Gasteiger partial charge in [-0.25, -0.2) is 0 Å². The third kappa shape index (κ3) is 4.43. The smallest absolute Gasteiger partial charge is 0.0479 e. The van der Waals surface area contributed by atoms with Crippen LogP contribution in [-0.4, -0.2) is 0 Å². The number of thiophene rings is 1. The Labute approximate surface area is 249 Å². The SMILES string of the molecule is c1ccc(-c2ccc3c(c2)sc2c(-c4ccccc4)ccc(Nc4ccc(-c5ccc6ccccc6c5)cc4)c23)cc1. The minimum atomic E-state index is 1.08. The van der Waals surface area contributed by atoms with Crippen LogP contribution < -0.4 is 5.32 Å². The Morgan fingerprint density at radius 2 is 1.05 bits per heavy atom. The molecule has 1 heterocycles. The molecule has 0 radical (unpaired) electrons. The average molecular weight is 554 g/mol. The Kier molecular flexibility index (Phi) is 6.05. The summed E-state index contributed by atoms with van der Waals surface area (Å²) in [7, 11) is 0. The van der Waals surface area contributed by atoms with Gasteiger partial charge in [-0.15, -0.1) is 11.3 Å². The highest BCUT2D eigenvalue weighted by Crippen LogP contribution is 2.45. The molecule has 8 rings (SSSR count). The van der Waals surface area contributed by atoms with Crippen LogP contribution in [0.4, 0.5) is 11.4 Å². The van der Waals surface area contributed by atoms with Crippen LogP contribution in [0.15, 0.2) is 158 Å². The summed E-state index contributed by atoms with van der Waals surface area (Å²) in [4.78, 5) is 0. The molecule has 1 nitrogen and oxygen atoms in total. The van der Waals surface area contributed by atoms with Crippen LogP contribution in [0.1, 0.15) is 0 Å². The van der Waals surface area contributed by atoms with Gasteiger partial charge in [0.25, 0.3) is 0 Å². The normalized spacial score (nSPS) is 11.3. The predicted molar refractivity (Wildman–Crippen MR) is 183 cm³/mol. The highest BCUT2D eigenvalue weighted by molar-refractivity contribution is 7.26. The summed E-state index contributed by atoms with van der Waals surface area (Å²) >= 11 is 1.88. The molecular formula is C40H27NS. The molecule has 7 aromatic carbocycles. The monoisotopic (exact) mass is 553 g/mol. The van der Waals surface area contributed by atoms with E-state index in [9.17, 15) is 0 Å². The molecule has 0 aliphatic carbocycles.